The Balaban J connectivity index is 1.79. The van der Waals surface area contributed by atoms with Gasteiger partial charge in [0.1, 0.15) is 22.2 Å². The number of ether oxygens (including phenoxy) is 2. The van der Waals surface area contributed by atoms with Crippen LogP contribution >= 0.6 is 11.3 Å². The van der Waals surface area contributed by atoms with Crippen molar-refractivity contribution in [3.63, 3.8) is 0 Å². The number of benzene rings is 3. The largest absolute Gasteiger partial charge is 0.508 e. The van der Waals surface area contributed by atoms with Crippen molar-refractivity contribution in [1.82, 2.24) is 0 Å². The minimum absolute atomic E-state index is 0.0451. The molecule has 4 nitrogen and oxygen atoms in total. The second-order valence-corrected chi connectivity index (χ2v) is 8.23. The molecule has 0 atom stereocenters. The average molecular weight is 470 g/mol. The Kier molecular flexibility index (Phi) is 6.11. The standard InChI is InChI=1S/C25H17F3O4S/c1-15-12-17(26)4-9-21(15)25(27,28)24-23(20-8-5-18(30)13-22(20)33-24)32-19-6-2-16(3-7-19)10-11-31-14-29/h2-14,30H,1H3/b11-10+. The van der Waals surface area contributed by atoms with Crippen molar-refractivity contribution >= 4 is 34.0 Å². The summed E-state index contributed by atoms with van der Waals surface area (Å²) in [5, 5.41) is 10.2. The number of fused-ring (bicyclic) bond motifs is 1. The number of aryl methyl sites for hydroxylation is 1. The summed E-state index contributed by atoms with van der Waals surface area (Å²) in [6.45, 7) is 1.71. The van der Waals surface area contributed by atoms with E-state index in [2.05, 4.69) is 4.74 Å². The van der Waals surface area contributed by atoms with Crippen molar-refractivity contribution in [2.24, 2.45) is 0 Å². The Morgan fingerprint density at radius 1 is 1.03 bits per heavy atom. The fourth-order valence-corrected chi connectivity index (χ4v) is 4.54. The zero-order valence-electron chi connectivity index (χ0n) is 17.2. The van der Waals surface area contributed by atoms with E-state index < -0.39 is 11.7 Å². The second-order valence-electron chi connectivity index (χ2n) is 7.18. The number of carbonyl (C=O) groups excluding carboxylic acids is 1. The van der Waals surface area contributed by atoms with Crippen molar-refractivity contribution in [2.75, 3.05) is 0 Å². The summed E-state index contributed by atoms with van der Waals surface area (Å²) < 4.78 is 55.8. The van der Waals surface area contributed by atoms with Crippen LogP contribution in [0.5, 0.6) is 17.2 Å². The lowest BCUT2D eigenvalue weighted by Crippen LogP contribution is -2.16. The van der Waals surface area contributed by atoms with Crippen LogP contribution in [0.1, 0.15) is 21.6 Å². The molecule has 0 amide bonds. The molecule has 4 rings (SSSR count). The third kappa shape index (κ3) is 4.56. The Hall–Kier alpha value is -3.78. The number of thiophene rings is 1. The molecule has 0 aliphatic rings. The van der Waals surface area contributed by atoms with Gasteiger partial charge in [-0.15, -0.1) is 11.3 Å². The van der Waals surface area contributed by atoms with E-state index in [9.17, 15) is 14.3 Å². The van der Waals surface area contributed by atoms with Crippen molar-refractivity contribution in [3.8, 4) is 17.2 Å². The molecule has 0 bridgehead atoms. The second kappa shape index (κ2) is 8.99. The lowest BCUT2D eigenvalue weighted by Gasteiger charge is -2.19. The molecule has 0 fully saturated rings. The van der Waals surface area contributed by atoms with E-state index in [4.69, 9.17) is 4.74 Å². The van der Waals surface area contributed by atoms with Crippen molar-refractivity contribution in [3.05, 3.63) is 94.3 Å². The van der Waals surface area contributed by atoms with Crippen LogP contribution in [0.3, 0.4) is 0 Å². The Labute approximate surface area is 191 Å². The minimum Gasteiger partial charge on any atom is -0.508 e. The molecule has 0 saturated heterocycles. The zero-order chi connectivity index (χ0) is 23.6. The van der Waals surface area contributed by atoms with Gasteiger partial charge in [-0.25, -0.2) is 4.39 Å². The van der Waals surface area contributed by atoms with Crippen LogP contribution in [-0.4, -0.2) is 11.6 Å². The van der Waals surface area contributed by atoms with Gasteiger partial charge in [0.2, 0.25) is 0 Å². The maximum atomic E-state index is 15.7. The molecule has 0 radical (unpaired) electrons. The van der Waals surface area contributed by atoms with E-state index in [0.717, 1.165) is 29.5 Å². The van der Waals surface area contributed by atoms with Crippen LogP contribution in [0.2, 0.25) is 0 Å². The number of hydrogen-bond acceptors (Lipinski definition) is 5. The molecule has 0 aliphatic heterocycles. The fourth-order valence-electron chi connectivity index (χ4n) is 3.39. The number of halogens is 3. The molecule has 1 aromatic heterocycles. The highest BCUT2D eigenvalue weighted by Crippen LogP contribution is 2.51. The van der Waals surface area contributed by atoms with Crippen LogP contribution < -0.4 is 4.74 Å². The van der Waals surface area contributed by atoms with Crippen molar-refractivity contribution in [1.29, 1.82) is 0 Å². The van der Waals surface area contributed by atoms with Gasteiger partial charge in [0.05, 0.1) is 6.26 Å². The summed E-state index contributed by atoms with van der Waals surface area (Å²) >= 11 is 0.799. The minimum atomic E-state index is -3.47. The van der Waals surface area contributed by atoms with Crippen molar-refractivity contribution < 1.29 is 32.5 Å². The normalized spacial score (nSPS) is 11.8. The quantitative estimate of drug-likeness (QED) is 0.231. The Bertz CT molecular complexity index is 1340. The van der Waals surface area contributed by atoms with E-state index >= 15 is 8.78 Å². The number of rotatable bonds is 7. The maximum Gasteiger partial charge on any atom is 0.311 e. The van der Waals surface area contributed by atoms with Gasteiger partial charge in [-0.1, -0.05) is 12.1 Å². The molecule has 0 saturated carbocycles. The van der Waals surface area contributed by atoms with Crippen LogP contribution in [0.4, 0.5) is 13.2 Å². The number of alkyl halides is 2. The van der Waals surface area contributed by atoms with Crippen molar-refractivity contribution in [2.45, 2.75) is 12.8 Å². The summed E-state index contributed by atoms with van der Waals surface area (Å²) in [5.41, 5.74) is 0.483. The van der Waals surface area contributed by atoms with E-state index in [1.165, 1.54) is 31.4 Å². The third-order valence-corrected chi connectivity index (χ3v) is 6.14. The van der Waals surface area contributed by atoms with Crippen LogP contribution in [0.15, 0.2) is 66.9 Å². The Morgan fingerprint density at radius 3 is 2.48 bits per heavy atom. The van der Waals surface area contributed by atoms with E-state index in [1.807, 2.05) is 0 Å². The summed E-state index contributed by atoms with van der Waals surface area (Å²) in [4.78, 5) is 9.86. The first kappa shape index (κ1) is 22.4. The first-order valence-electron chi connectivity index (χ1n) is 9.73. The smallest absolute Gasteiger partial charge is 0.311 e. The monoisotopic (exact) mass is 470 g/mol. The van der Waals surface area contributed by atoms with E-state index in [1.54, 1.807) is 30.3 Å². The van der Waals surface area contributed by atoms with Crippen LogP contribution in [0.25, 0.3) is 16.2 Å². The first-order valence-corrected chi connectivity index (χ1v) is 10.6. The van der Waals surface area contributed by atoms with Crippen LogP contribution in [-0.2, 0) is 15.5 Å². The average Bonchev–Trinajstić information content (AvgIpc) is 3.13. The summed E-state index contributed by atoms with van der Waals surface area (Å²) in [7, 11) is 0. The predicted octanol–water partition coefficient (Wildman–Crippen LogP) is 7.13. The lowest BCUT2D eigenvalue weighted by atomic mass is 10.0. The number of hydrogen-bond donors (Lipinski definition) is 1. The molecule has 0 aliphatic carbocycles. The molecule has 8 heteroatoms. The predicted molar refractivity (Wildman–Crippen MR) is 120 cm³/mol. The summed E-state index contributed by atoms with van der Waals surface area (Å²) in [6, 6.07) is 14.0. The molecule has 3 aromatic carbocycles. The topological polar surface area (TPSA) is 55.8 Å². The zero-order valence-corrected chi connectivity index (χ0v) is 18.0. The summed E-state index contributed by atoms with van der Waals surface area (Å²) in [5.74, 6) is -3.86. The molecule has 4 aromatic rings. The molecule has 1 heterocycles. The highest BCUT2D eigenvalue weighted by atomic mass is 32.1. The fraction of sp³-hybridized carbons (Fsp3) is 0.0800. The summed E-state index contributed by atoms with van der Waals surface area (Å²) in [6.07, 6.45) is 2.77. The highest BCUT2D eigenvalue weighted by molar-refractivity contribution is 7.19. The van der Waals surface area contributed by atoms with Gasteiger partial charge in [0.25, 0.3) is 6.47 Å². The molecule has 0 spiro atoms. The van der Waals surface area contributed by atoms with Crippen LogP contribution in [0, 0.1) is 12.7 Å². The van der Waals surface area contributed by atoms with Gasteiger partial charge in [-0.2, -0.15) is 8.78 Å². The Morgan fingerprint density at radius 2 is 1.79 bits per heavy atom. The number of phenols is 1. The SMILES string of the molecule is Cc1cc(F)ccc1C(F)(F)c1sc2cc(O)ccc2c1Oc1ccc(/C=C/OC=O)cc1. The number of phenolic OH excluding ortho intramolecular Hbond substituents is 1. The first-order chi connectivity index (χ1) is 15.8. The molecule has 33 heavy (non-hydrogen) atoms. The van der Waals surface area contributed by atoms with Gasteiger partial charge in [-0.05, 0) is 72.7 Å². The molecular weight excluding hydrogens is 453 g/mol. The van der Waals surface area contributed by atoms with Gasteiger partial charge >= 0.3 is 5.92 Å². The van der Waals surface area contributed by atoms with Gasteiger partial charge in [-0.3, -0.25) is 4.79 Å². The molecule has 1 N–H and O–H groups in total. The highest BCUT2D eigenvalue weighted by Gasteiger charge is 2.41. The molecular formula is C25H17F3O4S. The number of aromatic hydroxyl groups is 1. The van der Waals surface area contributed by atoms with Gasteiger partial charge in [0.15, 0.2) is 5.75 Å². The van der Waals surface area contributed by atoms with Gasteiger partial charge in [0, 0.05) is 15.6 Å². The van der Waals surface area contributed by atoms with E-state index in [0.29, 0.717) is 21.4 Å². The third-order valence-electron chi connectivity index (χ3n) is 4.93. The molecule has 0 unspecified atom stereocenters. The lowest BCUT2D eigenvalue weighted by molar-refractivity contribution is -0.123. The van der Waals surface area contributed by atoms with Gasteiger partial charge < -0.3 is 14.6 Å². The molecule has 168 valence electrons. The number of carbonyl (C=O) groups is 1. The van der Waals surface area contributed by atoms with E-state index in [-0.39, 0.29) is 34.0 Å². The maximum absolute atomic E-state index is 15.7.